The third-order valence-corrected chi connectivity index (χ3v) is 6.27. The summed E-state index contributed by atoms with van der Waals surface area (Å²) >= 11 is 0. The summed E-state index contributed by atoms with van der Waals surface area (Å²) in [6.45, 7) is 7.30. The maximum absolute atomic E-state index is 2.99. The predicted molar refractivity (Wildman–Crippen MR) is 104 cm³/mol. The quantitative estimate of drug-likeness (QED) is 0.545. The van der Waals surface area contributed by atoms with E-state index in [1.54, 1.807) is 16.7 Å². The van der Waals surface area contributed by atoms with Gasteiger partial charge in [-0.15, -0.1) is 6.42 Å². The van der Waals surface area contributed by atoms with E-state index in [4.69, 9.17) is 0 Å². The molecule has 0 spiro atoms. The molecule has 3 aliphatic carbocycles. The molecule has 1 aromatic carbocycles. The fourth-order valence-corrected chi connectivity index (χ4v) is 4.87. The summed E-state index contributed by atoms with van der Waals surface area (Å²) in [4.78, 5) is 0. The van der Waals surface area contributed by atoms with E-state index in [-0.39, 0.29) is 51.0 Å². The van der Waals surface area contributed by atoms with Crippen molar-refractivity contribution in [2.75, 3.05) is 0 Å². The van der Waals surface area contributed by atoms with Crippen LogP contribution >= 0.6 is 0 Å². The van der Waals surface area contributed by atoms with Gasteiger partial charge < -0.3 is 24.8 Å². The minimum Gasteiger partial charge on any atom is -1.00 e. The van der Waals surface area contributed by atoms with E-state index in [0.29, 0.717) is 0 Å². The summed E-state index contributed by atoms with van der Waals surface area (Å²) in [6, 6.07) is 5.15. The van der Waals surface area contributed by atoms with Gasteiger partial charge in [0.05, 0.1) is 0 Å². The number of halogens is 2. The molecule has 0 radical (unpaired) electrons. The van der Waals surface area contributed by atoms with Gasteiger partial charge in [-0.2, -0.15) is 28.8 Å². The molecule has 0 nitrogen and oxygen atoms in total. The Morgan fingerprint density at radius 2 is 1.85 bits per heavy atom. The van der Waals surface area contributed by atoms with Gasteiger partial charge in [0.1, 0.15) is 0 Å². The molecule has 0 N–H and O–H groups in total. The van der Waals surface area contributed by atoms with Crippen molar-refractivity contribution in [3.63, 3.8) is 0 Å². The average Bonchev–Trinajstić information content (AvgIpc) is 3.27. The summed E-state index contributed by atoms with van der Waals surface area (Å²) < 4.78 is 0. The molecule has 0 bridgehead atoms. The molecule has 148 valence electrons. The van der Waals surface area contributed by atoms with E-state index < -0.39 is 0 Å². The third kappa shape index (κ3) is 7.56. The number of hydrogen-bond acceptors (Lipinski definition) is 0. The molecule has 4 rings (SSSR count). The standard InChI is InChI=1S/C19H29.C5H5.2ClH.Zr/c1-13(2)18-9-8-14(3)10-19(18)17-11-15-6-4-5-7-16(15)12-17;1-2-4-5-3-1;;;/h11-14,18-19H,4-10H2,1-3H3;1-3H,4H2;2*1H;/q2*-1;;;+4/p-2/t14-,18+,19?;;;;/m1..../s1. The van der Waals surface area contributed by atoms with E-state index in [9.17, 15) is 0 Å². The van der Waals surface area contributed by atoms with Crippen LogP contribution < -0.4 is 24.8 Å². The largest absolute Gasteiger partial charge is 4.00 e. The summed E-state index contributed by atoms with van der Waals surface area (Å²) in [5, 5.41) is 0. The zero-order valence-corrected chi connectivity index (χ0v) is 21.1. The maximum Gasteiger partial charge on any atom is 4.00 e. The smallest absolute Gasteiger partial charge is 1.00 e. The van der Waals surface area contributed by atoms with Crippen molar-refractivity contribution < 1.29 is 51.0 Å². The zero-order chi connectivity index (χ0) is 16.9. The Morgan fingerprint density at radius 3 is 2.41 bits per heavy atom. The van der Waals surface area contributed by atoms with Crippen LogP contribution in [0.15, 0.2) is 30.4 Å². The molecule has 3 atom stereocenters. The molecule has 1 fully saturated rings. The molecule has 3 aliphatic rings. The van der Waals surface area contributed by atoms with Gasteiger partial charge >= 0.3 is 26.2 Å². The van der Waals surface area contributed by atoms with Crippen LogP contribution in [0.3, 0.4) is 0 Å². The second kappa shape index (κ2) is 13.5. The fourth-order valence-electron chi connectivity index (χ4n) is 4.87. The van der Waals surface area contributed by atoms with Gasteiger partial charge in [-0.25, -0.2) is 18.2 Å². The van der Waals surface area contributed by atoms with E-state index >= 15 is 0 Å². The first-order chi connectivity index (χ1) is 11.6. The molecule has 1 unspecified atom stereocenters. The Balaban J connectivity index is 0.000000742. The van der Waals surface area contributed by atoms with E-state index in [2.05, 4.69) is 45.1 Å². The molecular weight excluding hydrogens is 450 g/mol. The molecular formula is C24H34Cl2Zr. The van der Waals surface area contributed by atoms with Gasteiger partial charge in [0.15, 0.2) is 0 Å². The van der Waals surface area contributed by atoms with Crippen LogP contribution in [0.1, 0.15) is 81.9 Å². The van der Waals surface area contributed by atoms with Crippen molar-refractivity contribution in [2.24, 2.45) is 17.8 Å². The maximum atomic E-state index is 2.99. The molecule has 27 heavy (non-hydrogen) atoms. The number of rotatable bonds is 2. The molecule has 0 heterocycles. The van der Waals surface area contributed by atoms with Crippen LogP contribution in [0.5, 0.6) is 0 Å². The van der Waals surface area contributed by atoms with E-state index in [1.807, 2.05) is 12.2 Å². The summed E-state index contributed by atoms with van der Waals surface area (Å²) in [7, 11) is 0. The first kappa shape index (κ1) is 27.3. The Hall–Kier alpha value is 0.293. The Labute approximate surface area is 199 Å². The van der Waals surface area contributed by atoms with Crippen LogP contribution in [0.2, 0.25) is 0 Å². The minimum atomic E-state index is 0. The monoisotopic (exact) mass is 482 g/mol. The second-order valence-corrected chi connectivity index (χ2v) is 8.48. The molecule has 1 aromatic rings. The SMILES string of the molecule is CC(C)[C@@H]1CC[C@@H](C)CC1c1cc2c([cH-]1)CCCC2.[C-]1=CC=CC1.[Cl-].[Cl-].[Zr+4]. The average molecular weight is 485 g/mol. The Morgan fingerprint density at radius 1 is 1.11 bits per heavy atom. The van der Waals surface area contributed by atoms with Crippen LogP contribution in [-0.4, -0.2) is 0 Å². The van der Waals surface area contributed by atoms with Crippen LogP contribution in [0, 0.1) is 23.8 Å². The number of aryl methyl sites for hydroxylation is 2. The summed E-state index contributed by atoms with van der Waals surface area (Å²) in [6.07, 6.45) is 19.8. The fraction of sp³-hybridized carbons (Fsp3) is 0.625. The Bertz CT molecular complexity index is 552. The third-order valence-electron chi connectivity index (χ3n) is 6.27. The van der Waals surface area contributed by atoms with Gasteiger partial charge in [-0.05, 0) is 36.5 Å². The second-order valence-electron chi connectivity index (χ2n) is 8.48. The zero-order valence-electron chi connectivity index (χ0n) is 17.1. The van der Waals surface area contributed by atoms with Crippen LogP contribution in [-0.2, 0) is 39.0 Å². The molecule has 0 amide bonds. The summed E-state index contributed by atoms with van der Waals surface area (Å²) in [5.41, 5.74) is 5.06. The minimum absolute atomic E-state index is 0. The molecule has 3 heteroatoms. The topological polar surface area (TPSA) is 0 Å². The van der Waals surface area contributed by atoms with Crippen molar-refractivity contribution in [3.8, 4) is 0 Å². The first-order valence-electron chi connectivity index (χ1n) is 10.1. The summed E-state index contributed by atoms with van der Waals surface area (Å²) in [5.74, 6) is 3.52. The van der Waals surface area contributed by atoms with Crippen molar-refractivity contribution in [3.05, 3.63) is 53.1 Å². The number of allylic oxidation sites excluding steroid dienone is 4. The number of hydrogen-bond donors (Lipinski definition) is 0. The van der Waals surface area contributed by atoms with Gasteiger partial charge in [0.2, 0.25) is 0 Å². The van der Waals surface area contributed by atoms with Crippen molar-refractivity contribution in [1.82, 2.24) is 0 Å². The van der Waals surface area contributed by atoms with Crippen molar-refractivity contribution >= 4 is 0 Å². The molecule has 0 saturated heterocycles. The van der Waals surface area contributed by atoms with Gasteiger partial charge in [-0.1, -0.05) is 52.9 Å². The molecule has 0 aliphatic heterocycles. The molecule has 0 aromatic heterocycles. The molecule has 1 saturated carbocycles. The van der Waals surface area contributed by atoms with Gasteiger partial charge in [0.25, 0.3) is 0 Å². The normalized spacial score (nSPS) is 25.4. The van der Waals surface area contributed by atoms with Crippen LogP contribution in [0.4, 0.5) is 0 Å². The Kier molecular flexibility index (Phi) is 13.7. The van der Waals surface area contributed by atoms with Crippen molar-refractivity contribution in [2.45, 2.75) is 78.1 Å². The van der Waals surface area contributed by atoms with Crippen molar-refractivity contribution in [1.29, 1.82) is 0 Å². The van der Waals surface area contributed by atoms with Crippen LogP contribution in [0.25, 0.3) is 0 Å². The van der Waals surface area contributed by atoms with Gasteiger partial charge in [0, 0.05) is 0 Å². The number of fused-ring (bicyclic) bond motifs is 1. The van der Waals surface area contributed by atoms with Gasteiger partial charge in [-0.3, -0.25) is 6.08 Å². The van der Waals surface area contributed by atoms with E-state index in [0.717, 1.165) is 30.1 Å². The first-order valence-corrected chi connectivity index (χ1v) is 10.1. The predicted octanol–water partition coefficient (Wildman–Crippen LogP) is 0.771. The van der Waals surface area contributed by atoms with E-state index in [1.165, 1.54) is 44.9 Å².